The average Bonchev–Trinajstić information content (AvgIpc) is 2.64. The lowest BCUT2D eigenvalue weighted by Gasteiger charge is -2.61. The van der Waals surface area contributed by atoms with Crippen LogP contribution in [0.1, 0.15) is 48.4 Å². The Kier molecular flexibility index (Phi) is 4.61. The lowest BCUT2D eigenvalue weighted by atomic mass is 9.51. The Balaban J connectivity index is 1.73. The zero-order valence-electron chi connectivity index (χ0n) is 15.6. The molecule has 0 N–H and O–H groups in total. The van der Waals surface area contributed by atoms with Crippen LogP contribution in [0.15, 0.2) is 60.7 Å². The van der Waals surface area contributed by atoms with Crippen LogP contribution >= 0.6 is 0 Å². The second-order valence-electron chi connectivity index (χ2n) is 7.95. The fourth-order valence-corrected chi connectivity index (χ4v) is 4.20. The SMILES string of the molecule is CC1(C)C(OC(=O)c2ccccc2)C(C)(C)C1OC(=O)c1ccccc1. The van der Waals surface area contributed by atoms with Gasteiger partial charge in [0.2, 0.25) is 0 Å². The molecule has 1 aliphatic rings. The van der Waals surface area contributed by atoms with Crippen LogP contribution in [0.2, 0.25) is 0 Å². The molecule has 1 fully saturated rings. The van der Waals surface area contributed by atoms with E-state index < -0.39 is 10.8 Å². The summed E-state index contributed by atoms with van der Waals surface area (Å²) in [5, 5.41) is 0. The van der Waals surface area contributed by atoms with E-state index in [4.69, 9.17) is 9.47 Å². The normalized spacial score (nSPS) is 22.8. The molecular weight excluding hydrogens is 328 g/mol. The minimum atomic E-state index is -0.474. The molecule has 1 saturated carbocycles. The summed E-state index contributed by atoms with van der Waals surface area (Å²) in [6, 6.07) is 17.8. The molecule has 0 bridgehead atoms. The first-order valence-corrected chi connectivity index (χ1v) is 8.76. The maximum atomic E-state index is 12.4. The summed E-state index contributed by atoms with van der Waals surface area (Å²) in [5.41, 5.74) is 0.0872. The third-order valence-corrected chi connectivity index (χ3v) is 5.17. The van der Waals surface area contributed by atoms with Gasteiger partial charge < -0.3 is 9.47 Å². The van der Waals surface area contributed by atoms with Crippen LogP contribution in [-0.2, 0) is 9.47 Å². The molecule has 3 rings (SSSR count). The summed E-state index contributed by atoms with van der Waals surface area (Å²) in [5.74, 6) is -0.714. The van der Waals surface area contributed by atoms with Crippen LogP contribution in [0.5, 0.6) is 0 Å². The molecule has 2 aromatic carbocycles. The summed E-state index contributed by atoms with van der Waals surface area (Å²) in [6.07, 6.45) is -0.701. The van der Waals surface area contributed by atoms with Gasteiger partial charge in [-0.15, -0.1) is 0 Å². The zero-order chi connectivity index (χ0) is 18.9. The van der Waals surface area contributed by atoms with Gasteiger partial charge >= 0.3 is 11.9 Å². The number of rotatable bonds is 4. The van der Waals surface area contributed by atoms with Crippen molar-refractivity contribution in [3.63, 3.8) is 0 Å². The number of benzene rings is 2. The van der Waals surface area contributed by atoms with Crippen molar-refractivity contribution >= 4 is 11.9 Å². The Morgan fingerprint density at radius 1 is 0.654 bits per heavy atom. The van der Waals surface area contributed by atoms with Gasteiger partial charge in [-0.05, 0) is 24.3 Å². The Hall–Kier alpha value is -2.62. The van der Waals surface area contributed by atoms with Crippen LogP contribution in [0.25, 0.3) is 0 Å². The first kappa shape index (κ1) is 18.2. The highest BCUT2D eigenvalue weighted by atomic mass is 16.6. The van der Waals surface area contributed by atoms with E-state index in [2.05, 4.69) is 0 Å². The number of carbonyl (C=O) groups is 2. The number of hydrogen-bond donors (Lipinski definition) is 0. The van der Waals surface area contributed by atoms with Crippen molar-refractivity contribution in [2.75, 3.05) is 0 Å². The molecule has 0 aliphatic heterocycles. The van der Waals surface area contributed by atoms with Gasteiger partial charge in [-0.1, -0.05) is 64.1 Å². The van der Waals surface area contributed by atoms with E-state index in [-0.39, 0.29) is 24.1 Å². The molecule has 0 atom stereocenters. The van der Waals surface area contributed by atoms with Gasteiger partial charge in [0, 0.05) is 10.8 Å². The lowest BCUT2D eigenvalue weighted by molar-refractivity contribution is -0.246. The Labute approximate surface area is 154 Å². The minimum Gasteiger partial charge on any atom is -0.457 e. The van der Waals surface area contributed by atoms with Gasteiger partial charge in [0.15, 0.2) is 0 Å². The molecule has 26 heavy (non-hydrogen) atoms. The van der Waals surface area contributed by atoms with Crippen molar-refractivity contribution < 1.29 is 19.1 Å². The van der Waals surface area contributed by atoms with Crippen LogP contribution < -0.4 is 0 Å². The van der Waals surface area contributed by atoms with Crippen molar-refractivity contribution in [2.45, 2.75) is 39.9 Å². The standard InChI is InChI=1S/C22H24O4/c1-21(2)19(25-17(23)15-11-7-5-8-12-15)22(3,4)20(21)26-18(24)16-13-9-6-10-14-16/h5-14,19-20H,1-4H3. The van der Waals surface area contributed by atoms with Crippen LogP contribution in [0.4, 0.5) is 0 Å². The highest BCUT2D eigenvalue weighted by Crippen LogP contribution is 2.57. The second-order valence-corrected chi connectivity index (χ2v) is 7.95. The first-order valence-electron chi connectivity index (χ1n) is 8.76. The fourth-order valence-electron chi connectivity index (χ4n) is 4.20. The summed E-state index contributed by atoms with van der Waals surface area (Å²) < 4.78 is 11.6. The quantitative estimate of drug-likeness (QED) is 0.760. The topological polar surface area (TPSA) is 52.6 Å². The first-order chi connectivity index (χ1) is 12.2. The van der Waals surface area contributed by atoms with Gasteiger partial charge in [0.05, 0.1) is 11.1 Å². The highest BCUT2D eigenvalue weighted by Gasteiger charge is 2.66. The van der Waals surface area contributed by atoms with Crippen molar-refractivity contribution in [1.29, 1.82) is 0 Å². The smallest absolute Gasteiger partial charge is 0.338 e. The molecule has 0 amide bonds. The average molecular weight is 352 g/mol. The van der Waals surface area contributed by atoms with E-state index in [9.17, 15) is 9.59 Å². The van der Waals surface area contributed by atoms with Crippen LogP contribution in [0, 0.1) is 10.8 Å². The number of hydrogen-bond acceptors (Lipinski definition) is 4. The van der Waals surface area contributed by atoms with Gasteiger partial charge in [0.25, 0.3) is 0 Å². The predicted molar refractivity (Wildman–Crippen MR) is 98.9 cm³/mol. The maximum Gasteiger partial charge on any atom is 0.338 e. The van der Waals surface area contributed by atoms with Gasteiger partial charge in [-0.2, -0.15) is 0 Å². The summed E-state index contributed by atoms with van der Waals surface area (Å²) in [6.45, 7) is 7.85. The third-order valence-electron chi connectivity index (χ3n) is 5.17. The zero-order valence-corrected chi connectivity index (χ0v) is 15.6. The number of esters is 2. The van der Waals surface area contributed by atoms with Gasteiger partial charge in [-0.25, -0.2) is 9.59 Å². The summed E-state index contributed by atoms with van der Waals surface area (Å²) in [4.78, 5) is 24.9. The molecular formula is C22H24O4. The largest absolute Gasteiger partial charge is 0.457 e. The number of ether oxygens (including phenoxy) is 2. The molecule has 0 spiro atoms. The molecule has 2 aromatic rings. The minimum absolute atomic E-state index is 0.351. The van der Waals surface area contributed by atoms with Gasteiger partial charge in [-0.3, -0.25) is 0 Å². The summed E-state index contributed by atoms with van der Waals surface area (Å²) in [7, 11) is 0. The molecule has 1 aliphatic carbocycles. The molecule has 4 heteroatoms. The van der Waals surface area contributed by atoms with Crippen LogP contribution in [0.3, 0.4) is 0 Å². The van der Waals surface area contributed by atoms with E-state index in [1.807, 2.05) is 39.8 Å². The third kappa shape index (κ3) is 3.12. The Morgan fingerprint density at radius 3 is 1.27 bits per heavy atom. The highest BCUT2D eigenvalue weighted by molar-refractivity contribution is 5.90. The van der Waals surface area contributed by atoms with E-state index in [0.29, 0.717) is 11.1 Å². The summed E-state index contributed by atoms with van der Waals surface area (Å²) >= 11 is 0. The van der Waals surface area contributed by atoms with E-state index >= 15 is 0 Å². The molecule has 0 unspecified atom stereocenters. The van der Waals surface area contributed by atoms with Gasteiger partial charge in [0.1, 0.15) is 12.2 Å². The second kappa shape index (κ2) is 6.60. The molecule has 0 heterocycles. The van der Waals surface area contributed by atoms with E-state index in [0.717, 1.165) is 0 Å². The van der Waals surface area contributed by atoms with E-state index in [1.165, 1.54) is 0 Å². The van der Waals surface area contributed by atoms with Crippen LogP contribution in [-0.4, -0.2) is 24.1 Å². The molecule has 0 radical (unpaired) electrons. The monoisotopic (exact) mass is 352 g/mol. The predicted octanol–water partition coefficient (Wildman–Crippen LogP) is 4.50. The van der Waals surface area contributed by atoms with Crippen molar-refractivity contribution in [3.05, 3.63) is 71.8 Å². The maximum absolute atomic E-state index is 12.4. The Morgan fingerprint density at radius 2 is 0.962 bits per heavy atom. The lowest BCUT2D eigenvalue weighted by Crippen LogP contribution is -2.69. The molecule has 0 aromatic heterocycles. The number of carbonyl (C=O) groups excluding carboxylic acids is 2. The molecule has 4 nitrogen and oxygen atoms in total. The van der Waals surface area contributed by atoms with E-state index in [1.54, 1.807) is 48.5 Å². The van der Waals surface area contributed by atoms with Crippen molar-refractivity contribution in [2.24, 2.45) is 10.8 Å². The Bertz CT molecular complexity index is 712. The van der Waals surface area contributed by atoms with Crippen molar-refractivity contribution in [3.8, 4) is 0 Å². The van der Waals surface area contributed by atoms with Crippen molar-refractivity contribution in [1.82, 2.24) is 0 Å². The fraction of sp³-hybridized carbons (Fsp3) is 0.364. The molecule has 136 valence electrons. The molecule has 0 saturated heterocycles.